The second-order valence-electron chi connectivity index (χ2n) is 8.40. The lowest BCUT2D eigenvalue weighted by atomic mass is 10.1. The van der Waals surface area contributed by atoms with Crippen molar-refractivity contribution in [2.45, 2.75) is 51.6 Å². The van der Waals surface area contributed by atoms with Crippen molar-refractivity contribution >= 4 is 42.4 Å². The Kier molecular flexibility index (Phi) is 10.5. The van der Waals surface area contributed by atoms with Crippen molar-refractivity contribution in [1.82, 2.24) is 19.9 Å². The number of anilines is 2. The summed E-state index contributed by atoms with van der Waals surface area (Å²) in [6, 6.07) is 13.1. The van der Waals surface area contributed by atoms with Gasteiger partial charge in [0.05, 0.1) is 0 Å². The van der Waals surface area contributed by atoms with Crippen LogP contribution < -0.4 is 21.9 Å². The van der Waals surface area contributed by atoms with E-state index in [1.807, 2.05) is 31.2 Å². The topological polar surface area (TPSA) is 115 Å². The number of nitrogens with two attached hydrogens (primary N) is 1. The number of carbonyl (C=O) groups excluding carboxylic acids is 1. The van der Waals surface area contributed by atoms with Crippen LogP contribution in [0.2, 0.25) is 0 Å². The fourth-order valence-electron chi connectivity index (χ4n) is 4.24. The quantitative estimate of drug-likeness (QED) is 0.440. The van der Waals surface area contributed by atoms with Gasteiger partial charge in [-0.15, -0.1) is 24.8 Å². The summed E-state index contributed by atoms with van der Waals surface area (Å²) in [7, 11) is 0. The second-order valence-corrected chi connectivity index (χ2v) is 8.40. The van der Waals surface area contributed by atoms with E-state index in [0.717, 1.165) is 42.6 Å². The number of aryl methyl sites for hydroxylation is 2. The predicted octanol–water partition coefficient (Wildman–Crippen LogP) is 3.61. The number of benzene rings is 1. The molecule has 0 spiro atoms. The molecule has 0 unspecified atom stereocenters. The molecule has 4 rings (SSSR count). The maximum Gasteiger partial charge on any atom is 0.294 e. The second kappa shape index (κ2) is 13.1. The first-order chi connectivity index (χ1) is 16.0. The molecule has 35 heavy (non-hydrogen) atoms. The minimum Gasteiger partial charge on any atom is -0.384 e. The van der Waals surface area contributed by atoms with Crippen LogP contribution in [-0.4, -0.2) is 27.0 Å². The molecule has 0 bridgehead atoms. The molecule has 1 amide bonds. The molecule has 1 aliphatic rings. The van der Waals surface area contributed by atoms with Gasteiger partial charge in [-0.25, -0.2) is 9.97 Å². The van der Waals surface area contributed by atoms with E-state index in [-0.39, 0.29) is 42.1 Å². The highest BCUT2D eigenvalue weighted by molar-refractivity contribution is 5.85. The van der Waals surface area contributed by atoms with Crippen molar-refractivity contribution in [3.05, 3.63) is 81.5 Å². The van der Waals surface area contributed by atoms with E-state index in [1.54, 1.807) is 16.8 Å². The predicted molar refractivity (Wildman–Crippen MR) is 143 cm³/mol. The largest absolute Gasteiger partial charge is 0.384 e. The number of hydrogen-bond acceptors (Lipinski definition) is 6. The van der Waals surface area contributed by atoms with E-state index in [9.17, 15) is 9.59 Å². The summed E-state index contributed by atoms with van der Waals surface area (Å²) in [4.78, 5) is 35.1. The molecule has 3 heterocycles. The molecule has 1 atom stereocenters. The summed E-state index contributed by atoms with van der Waals surface area (Å²) in [6.45, 7) is 2.79. The number of carbonyl (C=O) groups is 1. The van der Waals surface area contributed by atoms with Crippen LogP contribution in [-0.2, 0) is 24.2 Å². The number of aromatic nitrogens is 3. The normalized spacial score (nSPS) is 14.5. The lowest BCUT2D eigenvalue weighted by Crippen LogP contribution is -2.39. The zero-order valence-electron chi connectivity index (χ0n) is 19.7. The SMILES string of the molecule is Cc1nc(N)ccc1CNC(=O)[C@@H]1CCCCc2cnc(NCCc3ccccc3)c(=O)n21.Cl.Cl. The molecule has 2 aromatic heterocycles. The zero-order chi connectivity index (χ0) is 23.2. The molecule has 3 aromatic rings. The van der Waals surface area contributed by atoms with Crippen LogP contribution in [0.15, 0.2) is 53.5 Å². The standard InChI is InChI=1S/C25H30N6O2.2ClH/c1-17-19(11-12-22(26)30-17)15-29-24(32)21-10-6-5-9-20-16-28-23(25(33)31(20)21)27-14-13-18-7-3-2-4-8-18;;/h2-4,7-8,11-12,16,21H,5-6,9-10,13-15H2,1H3,(H2,26,30)(H,27,28)(H,29,32);2*1H/t21-;;/m0../s1. The fraction of sp³-hybridized carbons (Fsp3) is 0.360. The Morgan fingerprint density at radius 2 is 1.91 bits per heavy atom. The summed E-state index contributed by atoms with van der Waals surface area (Å²) in [5, 5.41) is 6.15. The summed E-state index contributed by atoms with van der Waals surface area (Å²) >= 11 is 0. The van der Waals surface area contributed by atoms with Gasteiger partial charge in [-0.1, -0.05) is 42.8 Å². The van der Waals surface area contributed by atoms with Crippen molar-refractivity contribution in [2.75, 3.05) is 17.6 Å². The molecule has 0 saturated carbocycles. The third kappa shape index (κ3) is 6.96. The smallest absolute Gasteiger partial charge is 0.294 e. The third-order valence-electron chi connectivity index (χ3n) is 6.07. The molecular formula is C25H32Cl2N6O2. The first-order valence-corrected chi connectivity index (χ1v) is 11.4. The summed E-state index contributed by atoms with van der Waals surface area (Å²) in [5.74, 6) is 0.567. The lowest BCUT2D eigenvalue weighted by molar-refractivity contribution is -0.124. The van der Waals surface area contributed by atoms with Crippen molar-refractivity contribution in [3.63, 3.8) is 0 Å². The average Bonchev–Trinajstić information content (AvgIpc) is 3.04. The Hall–Kier alpha value is -3.10. The highest BCUT2D eigenvalue weighted by atomic mass is 35.5. The van der Waals surface area contributed by atoms with Crippen LogP contribution >= 0.6 is 24.8 Å². The number of halogens is 2. The van der Waals surface area contributed by atoms with Gasteiger partial charge >= 0.3 is 0 Å². The van der Waals surface area contributed by atoms with Crippen LogP contribution in [0, 0.1) is 6.92 Å². The number of amides is 1. The highest BCUT2D eigenvalue weighted by Crippen LogP contribution is 2.23. The lowest BCUT2D eigenvalue weighted by Gasteiger charge is -2.21. The third-order valence-corrected chi connectivity index (χ3v) is 6.07. The molecule has 8 nitrogen and oxygen atoms in total. The van der Waals surface area contributed by atoms with Crippen LogP contribution in [0.25, 0.3) is 0 Å². The van der Waals surface area contributed by atoms with Crippen LogP contribution in [0.3, 0.4) is 0 Å². The Morgan fingerprint density at radius 1 is 1.14 bits per heavy atom. The van der Waals surface area contributed by atoms with E-state index in [1.165, 1.54) is 5.56 Å². The van der Waals surface area contributed by atoms with Crippen molar-refractivity contribution in [1.29, 1.82) is 0 Å². The molecule has 0 saturated heterocycles. The van der Waals surface area contributed by atoms with Gasteiger partial charge in [0.25, 0.3) is 5.56 Å². The molecule has 0 fully saturated rings. The highest BCUT2D eigenvalue weighted by Gasteiger charge is 2.27. The number of hydrogen-bond donors (Lipinski definition) is 3. The first kappa shape index (κ1) is 28.1. The van der Waals surface area contributed by atoms with Crippen molar-refractivity contribution in [3.8, 4) is 0 Å². The first-order valence-electron chi connectivity index (χ1n) is 11.4. The Bertz CT molecular complexity index is 1190. The molecule has 1 aromatic carbocycles. The van der Waals surface area contributed by atoms with Gasteiger partial charge in [-0.3, -0.25) is 14.2 Å². The molecule has 188 valence electrons. The van der Waals surface area contributed by atoms with Crippen LogP contribution in [0.1, 0.15) is 47.8 Å². The average molecular weight is 519 g/mol. The number of pyridine rings is 1. The number of fused-ring (bicyclic) bond motifs is 1. The van der Waals surface area contributed by atoms with E-state index < -0.39 is 6.04 Å². The zero-order valence-corrected chi connectivity index (χ0v) is 21.3. The van der Waals surface area contributed by atoms with E-state index in [0.29, 0.717) is 25.3 Å². The molecule has 1 aliphatic heterocycles. The maximum absolute atomic E-state index is 13.3. The van der Waals surface area contributed by atoms with E-state index >= 15 is 0 Å². The van der Waals surface area contributed by atoms with Gasteiger partial charge in [0.15, 0.2) is 5.82 Å². The van der Waals surface area contributed by atoms with Gasteiger partial charge in [0, 0.05) is 30.7 Å². The van der Waals surface area contributed by atoms with Crippen molar-refractivity contribution < 1.29 is 4.79 Å². The number of nitrogen functional groups attached to an aromatic ring is 1. The van der Waals surface area contributed by atoms with E-state index in [2.05, 4.69) is 32.7 Å². The molecule has 4 N–H and O–H groups in total. The Morgan fingerprint density at radius 3 is 2.66 bits per heavy atom. The van der Waals surface area contributed by atoms with Gasteiger partial charge in [-0.2, -0.15) is 0 Å². The number of rotatable bonds is 7. The minimum absolute atomic E-state index is 0. The summed E-state index contributed by atoms with van der Waals surface area (Å²) in [5.41, 5.74) is 9.15. The van der Waals surface area contributed by atoms with Crippen LogP contribution in [0.5, 0.6) is 0 Å². The van der Waals surface area contributed by atoms with Gasteiger partial charge < -0.3 is 16.4 Å². The van der Waals surface area contributed by atoms with Gasteiger partial charge in [0.1, 0.15) is 11.9 Å². The van der Waals surface area contributed by atoms with Crippen LogP contribution in [0.4, 0.5) is 11.6 Å². The number of nitrogens with zero attached hydrogens (tertiary/aromatic N) is 3. The maximum atomic E-state index is 13.3. The molecule has 10 heteroatoms. The summed E-state index contributed by atoms with van der Waals surface area (Å²) in [6.07, 6.45) is 5.65. The summed E-state index contributed by atoms with van der Waals surface area (Å²) < 4.78 is 1.63. The molecule has 0 aliphatic carbocycles. The minimum atomic E-state index is -0.560. The molecular weight excluding hydrogens is 487 g/mol. The molecule has 0 radical (unpaired) electrons. The monoisotopic (exact) mass is 518 g/mol. The Labute approximate surface area is 217 Å². The van der Waals surface area contributed by atoms with Gasteiger partial charge in [-0.05, 0) is 49.8 Å². The Balaban J connectivity index is 0.00000216. The van der Waals surface area contributed by atoms with E-state index in [4.69, 9.17) is 5.73 Å². The van der Waals surface area contributed by atoms with Crippen molar-refractivity contribution in [2.24, 2.45) is 0 Å². The fourth-order valence-corrected chi connectivity index (χ4v) is 4.24. The van der Waals surface area contributed by atoms with Gasteiger partial charge in [0.2, 0.25) is 5.91 Å². The number of nitrogens with one attached hydrogen (secondary N) is 2.